The van der Waals surface area contributed by atoms with Crippen LogP contribution in [-0.4, -0.2) is 38.5 Å². The molecule has 2 aromatic heterocycles. The van der Waals surface area contributed by atoms with Crippen molar-refractivity contribution in [2.75, 3.05) is 23.3 Å². The molecular weight excluding hydrogens is 352 g/mol. The lowest BCUT2D eigenvalue weighted by molar-refractivity contribution is 0.102. The molecule has 1 aliphatic rings. The number of anilines is 2. The van der Waals surface area contributed by atoms with Gasteiger partial charge in [-0.25, -0.2) is 15.0 Å². The minimum absolute atomic E-state index is 0.248. The molecule has 0 aliphatic carbocycles. The van der Waals surface area contributed by atoms with Crippen molar-refractivity contribution >= 4 is 17.4 Å². The van der Waals surface area contributed by atoms with E-state index in [-0.39, 0.29) is 5.91 Å². The van der Waals surface area contributed by atoms with Crippen molar-refractivity contribution in [3.05, 3.63) is 60.4 Å². The average molecular weight is 376 g/mol. The lowest BCUT2D eigenvalue weighted by Crippen LogP contribution is -2.33. The van der Waals surface area contributed by atoms with E-state index in [1.165, 1.54) is 12.8 Å². The fourth-order valence-corrected chi connectivity index (χ4v) is 3.29. The molecule has 1 amide bonds. The summed E-state index contributed by atoms with van der Waals surface area (Å²) >= 11 is 0. The van der Waals surface area contributed by atoms with Crippen molar-refractivity contribution in [2.24, 2.45) is 5.92 Å². The third kappa shape index (κ3) is 4.03. The topological polar surface area (TPSA) is 75.9 Å². The number of carbonyl (C=O) groups is 1. The minimum Gasteiger partial charge on any atom is -0.356 e. The molecule has 0 saturated carbocycles. The summed E-state index contributed by atoms with van der Waals surface area (Å²) < 4.78 is 1.75. The number of rotatable bonds is 4. The van der Waals surface area contributed by atoms with E-state index in [1.807, 2.05) is 37.3 Å². The maximum absolute atomic E-state index is 12.5. The zero-order valence-electron chi connectivity index (χ0n) is 16.2. The highest BCUT2D eigenvalue weighted by Crippen LogP contribution is 2.22. The van der Waals surface area contributed by atoms with Gasteiger partial charge in [0.05, 0.1) is 0 Å². The van der Waals surface area contributed by atoms with Crippen LogP contribution in [0.25, 0.3) is 5.82 Å². The number of piperidine rings is 1. The van der Waals surface area contributed by atoms with Gasteiger partial charge in [0.25, 0.3) is 5.91 Å². The molecule has 0 radical (unpaired) electrons. The van der Waals surface area contributed by atoms with Gasteiger partial charge < -0.3 is 10.2 Å². The molecule has 0 unspecified atom stereocenters. The van der Waals surface area contributed by atoms with Crippen molar-refractivity contribution in [2.45, 2.75) is 26.7 Å². The smallest absolute Gasteiger partial charge is 0.275 e. The van der Waals surface area contributed by atoms with E-state index in [1.54, 1.807) is 23.4 Å². The summed E-state index contributed by atoms with van der Waals surface area (Å²) in [6, 6.07) is 9.61. The van der Waals surface area contributed by atoms with Gasteiger partial charge >= 0.3 is 0 Å². The molecule has 7 nitrogen and oxygen atoms in total. The predicted octanol–water partition coefficient (Wildman–Crippen LogP) is 3.46. The van der Waals surface area contributed by atoms with Gasteiger partial charge in [-0.05, 0) is 37.8 Å². The fraction of sp³-hybridized carbons (Fsp3) is 0.333. The molecule has 7 heteroatoms. The number of imidazole rings is 1. The van der Waals surface area contributed by atoms with Crippen molar-refractivity contribution in [1.29, 1.82) is 0 Å². The number of amides is 1. The Kier molecular flexibility index (Phi) is 5.06. The molecule has 3 aromatic rings. The average Bonchev–Trinajstić information content (AvgIpc) is 3.21. The highest BCUT2D eigenvalue weighted by molar-refractivity contribution is 6.02. The third-order valence-corrected chi connectivity index (χ3v) is 5.14. The number of carbonyl (C=O) groups excluding carboxylic acids is 1. The first kappa shape index (κ1) is 18.2. The SMILES string of the molecule is Cc1ccc(NC(=O)c2cn(-c3cc(N4CCC(C)CC4)ncn3)cn2)cc1. The molecule has 3 heterocycles. The largest absolute Gasteiger partial charge is 0.356 e. The molecule has 28 heavy (non-hydrogen) atoms. The number of aromatic nitrogens is 4. The molecule has 144 valence electrons. The first-order valence-corrected chi connectivity index (χ1v) is 9.58. The summed E-state index contributed by atoms with van der Waals surface area (Å²) in [6.07, 6.45) is 7.21. The monoisotopic (exact) mass is 376 g/mol. The summed E-state index contributed by atoms with van der Waals surface area (Å²) in [7, 11) is 0. The number of hydrogen-bond acceptors (Lipinski definition) is 5. The van der Waals surface area contributed by atoms with E-state index < -0.39 is 0 Å². The van der Waals surface area contributed by atoms with Crippen molar-refractivity contribution in [3.63, 3.8) is 0 Å². The maximum atomic E-state index is 12.5. The second kappa shape index (κ2) is 7.80. The van der Waals surface area contributed by atoms with Gasteiger partial charge in [-0.1, -0.05) is 24.6 Å². The van der Waals surface area contributed by atoms with E-state index >= 15 is 0 Å². The van der Waals surface area contributed by atoms with Crippen LogP contribution in [0, 0.1) is 12.8 Å². The second-order valence-corrected chi connectivity index (χ2v) is 7.39. The van der Waals surface area contributed by atoms with Crippen LogP contribution in [0.3, 0.4) is 0 Å². The molecule has 1 N–H and O–H groups in total. The van der Waals surface area contributed by atoms with E-state index in [0.717, 1.165) is 36.1 Å². The number of aryl methyl sites for hydroxylation is 1. The zero-order valence-corrected chi connectivity index (χ0v) is 16.2. The van der Waals surface area contributed by atoms with E-state index in [4.69, 9.17) is 0 Å². The Morgan fingerprint density at radius 1 is 1.07 bits per heavy atom. The number of hydrogen-bond donors (Lipinski definition) is 1. The van der Waals surface area contributed by atoms with Crippen LogP contribution in [0.4, 0.5) is 11.5 Å². The Hall–Kier alpha value is -3.22. The number of nitrogens with one attached hydrogen (secondary N) is 1. The van der Waals surface area contributed by atoms with Gasteiger partial charge in [-0.15, -0.1) is 0 Å². The van der Waals surface area contributed by atoms with Crippen molar-refractivity contribution in [3.8, 4) is 5.82 Å². The van der Waals surface area contributed by atoms with Gasteiger partial charge in [0.15, 0.2) is 0 Å². The number of benzene rings is 1. The minimum atomic E-state index is -0.248. The molecule has 0 atom stereocenters. The maximum Gasteiger partial charge on any atom is 0.275 e. The lowest BCUT2D eigenvalue weighted by Gasteiger charge is -2.31. The van der Waals surface area contributed by atoms with Gasteiger partial charge in [0.1, 0.15) is 30.0 Å². The molecule has 0 bridgehead atoms. The Balaban J connectivity index is 1.48. The summed E-state index contributed by atoms with van der Waals surface area (Å²) in [6.45, 7) is 6.31. The molecule has 4 rings (SSSR count). The van der Waals surface area contributed by atoms with Crippen LogP contribution in [0.5, 0.6) is 0 Å². The van der Waals surface area contributed by atoms with Gasteiger partial charge in [0, 0.05) is 31.0 Å². The van der Waals surface area contributed by atoms with Crippen molar-refractivity contribution in [1.82, 2.24) is 19.5 Å². The highest BCUT2D eigenvalue weighted by Gasteiger charge is 2.18. The van der Waals surface area contributed by atoms with E-state index in [2.05, 4.69) is 32.1 Å². The van der Waals surface area contributed by atoms with Crippen LogP contribution >= 0.6 is 0 Å². The predicted molar refractivity (Wildman–Crippen MR) is 109 cm³/mol. The van der Waals surface area contributed by atoms with E-state index in [0.29, 0.717) is 11.5 Å². The van der Waals surface area contributed by atoms with Crippen LogP contribution < -0.4 is 10.2 Å². The molecular formula is C21H24N6O. The quantitative estimate of drug-likeness (QED) is 0.755. The summed E-state index contributed by atoms with van der Waals surface area (Å²) in [5.74, 6) is 2.13. The number of nitrogens with zero attached hydrogens (tertiary/aromatic N) is 5. The first-order chi connectivity index (χ1) is 13.6. The first-order valence-electron chi connectivity index (χ1n) is 9.58. The lowest BCUT2D eigenvalue weighted by atomic mass is 9.99. The normalized spacial score (nSPS) is 14.9. The van der Waals surface area contributed by atoms with Gasteiger partial charge in [-0.3, -0.25) is 9.36 Å². The molecule has 1 saturated heterocycles. The fourth-order valence-electron chi connectivity index (χ4n) is 3.29. The molecule has 1 aliphatic heterocycles. The zero-order chi connectivity index (χ0) is 19.5. The van der Waals surface area contributed by atoms with Crippen molar-refractivity contribution < 1.29 is 4.79 Å². The summed E-state index contributed by atoms with van der Waals surface area (Å²) in [5, 5.41) is 2.86. The Bertz CT molecular complexity index is 957. The standard InChI is InChI=1S/C21H24N6O/c1-15-3-5-17(6-4-15)25-21(28)18-12-27(14-24-18)20-11-19(22-13-23-20)26-9-7-16(2)8-10-26/h3-6,11-14,16H,7-10H2,1-2H3,(H,25,28). The van der Waals surface area contributed by atoms with Crippen LogP contribution in [0.1, 0.15) is 35.8 Å². The summed E-state index contributed by atoms with van der Waals surface area (Å²) in [5.41, 5.74) is 2.23. The van der Waals surface area contributed by atoms with Crippen LogP contribution in [-0.2, 0) is 0 Å². The second-order valence-electron chi connectivity index (χ2n) is 7.39. The van der Waals surface area contributed by atoms with E-state index in [9.17, 15) is 4.79 Å². The molecule has 1 fully saturated rings. The molecule has 1 aromatic carbocycles. The van der Waals surface area contributed by atoms with Gasteiger partial charge in [0.2, 0.25) is 0 Å². The Morgan fingerprint density at radius 2 is 1.79 bits per heavy atom. The Morgan fingerprint density at radius 3 is 2.54 bits per heavy atom. The van der Waals surface area contributed by atoms with Crippen LogP contribution in [0.2, 0.25) is 0 Å². The van der Waals surface area contributed by atoms with Crippen LogP contribution in [0.15, 0.2) is 49.2 Å². The highest BCUT2D eigenvalue weighted by atomic mass is 16.1. The third-order valence-electron chi connectivity index (χ3n) is 5.14. The Labute approximate surface area is 164 Å². The van der Waals surface area contributed by atoms with Gasteiger partial charge in [-0.2, -0.15) is 0 Å². The summed E-state index contributed by atoms with van der Waals surface area (Å²) in [4.78, 5) is 27.7. The molecule has 0 spiro atoms.